The van der Waals surface area contributed by atoms with Crippen molar-refractivity contribution in [2.24, 2.45) is 10.2 Å². The van der Waals surface area contributed by atoms with Gasteiger partial charge in [-0.3, -0.25) is 19.2 Å². The van der Waals surface area contributed by atoms with E-state index in [2.05, 4.69) is 10.2 Å². The number of nitro benzene ring substituents is 1. The first-order valence-electron chi connectivity index (χ1n) is 8.43. The maximum atomic E-state index is 11.6. The van der Waals surface area contributed by atoms with Crippen LogP contribution in [0.2, 0.25) is 0 Å². The highest BCUT2D eigenvalue weighted by Gasteiger charge is 2.20. The number of nitrogens with zero attached hydrogens (tertiary/aromatic N) is 3. The van der Waals surface area contributed by atoms with Crippen LogP contribution in [-0.4, -0.2) is 43.2 Å². The summed E-state index contributed by atoms with van der Waals surface area (Å²) in [5, 5.41) is 18.5. The Morgan fingerprint density at radius 2 is 1.74 bits per heavy atom. The molecular weight excluding hydrogens is 456 g/mol. The van der Waals surface area contributed by atoms with Gasteiger partial charge in [0.25, 0.3) is 25.9 Å². The molecule has 0 aliphatic rings. The Bertz CT molecular complexity index is 1240. The van der Waals surface area contributed by atoms with E-state index < -0.39 is 41.5 Å². The number of ether oxygens (including phenoxy) is 1. The summed E-state index contributed by atoms with van der Waals surface area (Å²) in [5.41, 5.74) is 5.91. The number of anilines is 1. The van der Waals surface area contributed by atoms with E-state index in [0.717, 1.165) is 12.1 Å². The van der Waals surface area contributed by atoms with Gasteiger partial charge in [0.2, 0.25) is 0 Å². The van der Waals surface area contributed by atoms with E-state index in [9.17, 15) is 31.5 Å². The average Bonchev–Trinajstić information content (AvgIpc) is 2.64. The van der Waals surface area contributed by atoms with E-state index in [4.69, 9.17) is 15.0 Å². The Kier molecular flexibility index (Phi) is 7.27. The second-order valence-corrected chi connectivity index (χ2v) is 9.21. The molecule has 15 heteroatoms. The third-order valence-electron chi connectivity index (χ3n) is 3.83. The Morgan fingerprint density at radius 3 is 2.32 bits per heavy atom. The molecule has 13 nitrogen and oxygen atoms in total. The van der Waals surface area contributed by atoms with Gasteiger partial charge in [-0.2, -0.15) is 21.9 Å². The minimum Gasteiger partial charge on any atom is -0.491 e. The van der Waals surface area contributed by atoms with Gasteiger partial charge in [0.05, 0.1) is 28.7 Å². The number of non-ortho nitro benzene ring substituents is 1. The Balaban J connectivity index is 2.33. The largest absolute Gasteiger partial charge is 0.491 e. The third kappa shape index (κ3) is 6.95. The molecule has 31 heavy (non-hydrogen) atoms. The summed E-state index contributed by atoms with van der Waals surface area (Å²) in [7, 11) is -8.94. The standard InChI is InChI=1S/C16H18N4O9S2/c1-10-7-12(17)15(29-5-2-6-30(23,24)25)9-14(10)19-18-13-4-3-11(20(21)22)8-16(13)31(26,27)28/h3-4,7-9H,2,5-6,17H2,1H3,(H,23,24,25)(H,26,27,28). The molecule has 0 saturated carbocycles. The molecule has 0 spiro atoms. The van der Waals surface area contributed by atoms with E-state index >= 15 is 0 Å². The van der Waals surface area contributed by atoms with E-state index in [0.29, 0.717) is 11.6 Å². The Morgan fingerprint density at radius 1 is 1.10 bits per heavy atom. The van der Waals surface area contributed by atoms with Crippen molar-refractivity contribution < 1.29 is 35.6 Å². The quantitative estimate of drug-likeness (QED) is 0.121. The molecular formula is C16H18N4O9S2. The first kappa shape index (κ1) is 24.1. The second kappa shape index (κ2) is 9.34. The minimum absolute atomic E-state index is 0.00349. The van der Waals surface area contributed by atoms with Gasteiger partial charge in [-0.1, -0.05) is 0 Å². The summed E-state index contributed by atoms with van der Waals surface area (Å²) in [4.78, 5) is 9.23. The van der Waals surface area contributed by atoms with E-state index in [1.54, 1.807) is 6.92 Å². The van der Waals surface area contributed by atoms with Crippen LogP contribution in [0.25, 0.3) is 0 Å². The first-order chi connectivity index (χ1) is 14.3. The van der Waals surface area contributed by atoms with Crippen LogP contribution in [0.1, 0.15) is 12.0 Å². The lowest BCUT2D eigenvalue weighted by atomic mass is 10.1. The molecule has 2 rings (SSSR count). The molecule has 0 aliphatic carbocycles. The predicted octanol–water partition coefficient (Wildman–Crippen LogP) is 2.80. The van der Waals surface area contributed by atoms with Gasteiger partial charge in [0.1, 0.15) is 16.3 Å². The Hall–Kier alpha value is -3.14. The molecule has 0 fully saturated rings. The lowest BCUT2D eigenvalue weighted by Crippen LogP contribution is -2.09. The zero-order chi connectivity index (χ0) is 23.4. The van der Waals surface area contributed by atoms with Crippen LogP contribution in [0.4, 0.5) is 22.7 Å². The van der Waals surface area contributed by atoms with Gasteiger partial charge in [-0.05, 0) is 31.0 Å². The van der Waals surface area contributed by atoms with Crippen LogP contribution in [0.5, 0.6) is 5.75 Å². The van der Waals surface area contributed by atoms with E-state index in [1.165, 1.54) is 12.1 Å². The number of aryl methyl sites for hydroxylation is 1. The monoisotopic (exact) mass is 474 g/mol. The third-order valence-corrected chi connectivity index (χ3v) is 5.52. The maximum Gasteiger partial charge on any atom is 0.297 e. The molecule has 2 aromatic rings. The van der Waals surface area contributed by atoms with Crippen molar-refractivity contribution in [1.29, 1.82) is 0 Å². The number of nitrogen functional groups attached to an aromatic ring is 1. The summed E-state index contributed by atoms with van der Waals surface area (Å²) in [5.74, 6) is -0.349. The molecule has 0 aliphatic heterocycles. The fourth-order valence-electron chi connectivity index (χ4n) is 2.37. The SMILES string of the molecule is Cc1cc(N)c(OCCCS(=O)(=O)O)cc1N=Nc1ccc([N+](=O)[O-])cc1S(=O)(=O)O. The highest BCUT2D eigenvalue weighted by molar-refractivity contribution is 7.86. The number of rotatable bonds is 9. The lowest BCUT2D eigenvalue weighted by molar-refractivity contribution is -0.385. The number of benzene rings is 2. The van der Waals surface area contributed by atoms with Crippen molar-refractivity contribution in [3.05, 3.63) is 46.0 Å². The summed E-state index contributed by atoms with van der Waals surface area (Å²) >= 11 is 0. The van der Waals surface area contributed by atoms with Gasteiger partial charge in [0.15, 0.2) is 0 Å². The molecule has 0 radical (unpaired) electrons. The van der Waals surface area contributed by atoms with Crippen LogP contribution in [-0.2, 0) is 20.2 Å². The molecule has 0 unspecified atom stereocenters. The highest BCUT2D eigenvalue weighted by atomic mass is 32.2. The zero-order valence-electron chi connectivity index (χ0n) is 16.0. The molecule has 0 amide bonds. The fraction of sp³-hybridized carbons (Fsp3) is 0.250. The summed E-state index contributed by atoms with van der Waals surface area (Å²) in [6, 6.07) is 5.54. The van der Waals surface area contributed by atoms with Gasteiger partial charge in [-0.15, -0.1) is 5.11 Å². The number of azo groups is 1. The number of hydrogen-bond acceptors (Lipinski definition) is 10. The normalized spacial score (nSPS) is 12.2. The van der Waals surface area contributed by atoms with Gasteiger partial charge in [0, 0.05) is 18.2 Å². The van der Waals surface area contributed by atoms with Crippen molar-refractivity contribution >= 4 is 43.0 Å². The van der Waals surface area contributed by atoms with Crippen LogP contribution in [0.15, 0.2) is 45.5 Å². The summed E-state index contributed by atoms with van der Waals surface area (Å²) in [6.45, 7) is 1.56. The smallest absolute Gasteiger partial charge is 0.297 e. The van der Waals surface area contributed by atoms with Crippen molar-refractivity contribution in [2.45, 2.75) is 18.2 Å². The van der Waals surface area contributed by atoms with Crippen molar-refractivity contribution in [1.82, 2.24) is 0 Å². The van der Waals surface area contributed by atoms with E-state index in [1.807, 2.05) is 0 Å². The van der Waals surface area contributed by atoms with Crippen molar-refractivity contribution in [2.75, 3.05) is 18.1 Å². The fourth-order valence-corrected chi connectivity index (χ4v) is 3.49. The minimum atomic E-state index is -4.82. The van der Waals surface area contributed by atoms with Gasteiger partial charge in [-0.25, -0.2) is 0 Å². The highest BCUT2D eigenvalue weighted by Crippen LogP contribution is 2.34. The second-order valence-electron chi connectivity index (χ2n) is 6.25. The average molecular weight is 474 g/mol. The molecule has 168 valence electrons. The van der Waals surface area contributed by atoms with Crippen LogP contribution >= 0.6 is 0 Å². The van der Waals surface area contributed by atoms with Crippen LogP contribution < -0.4 is 10.5 Å². The van der Waals surface area contributed by atoms with Crippen LogP contribution in [0.3, 0.4) is 0 Å². The molecule has 2 aromatic carbocycles. The van der Waals surface area contributed by atoms with Crippen molar-refractivity contribution in [3.8, 4) is 5.75 Å². The molecule has 0 atom stereocenters. The predicted molar refractivity (Wildman–Crippen MR) is 109 cm³/mol. The number of nitrogens with two attached hydrogens (primary N) is 1. The molecule has 0 bridgehead atoms. The molecule has 0 saturated heterocycles. The topological polar surface area (TPSA) is 212 Å². The summed E-state index contributed by atoms with van der Waals surface area (Å²) < 4.78 is 68.0. The first-order valence-corrected chi connectivity index (χ1v) is 11.5. The van der Waals surface area contributed by atoms with E-state index in [-0.39, 0.29) is 35.8 Å². The Labute approximate surface area is 177 Å². The van der Waals surface area contributed by atoms with Gasteiger partial charge < -0.3 is 10.5 Å². The molecule has 4 N–H and O–H groups in total. The molecule has 0 heterocycles. The lowest BCUT2D eigenvalue weighted by Gasteiger charge is -2.11. The zero-order valence-corrected chi connectivity index (χ0v) is 17.6. The summed E-state index contributed by atoms with van der Waals surface area (Å²) in [6.07, 6.45) is 0.00349. The maximum absolute atomic E-state index is 11.6. The van der Waals surface area contributed by atoms with Crippen molar-refractivity contribution in [3.63, 3.8) is 0 Å². The molecule has 0 aromatic heterocycles. The van der Waals surface area contributed by atoms with Crippen LogP contribution in [0, 0.1) is 17.0 Å². The number of hydrogen-bond donors (Lipinski definition) is 3. The van der Waals surface area contributed by atoms with Gasteiger partial charge >= 0.3 is 0 Å². The number of nitro groups is 1.